The van der Waals surface area contributed by atoms with E-state index in [0.717, 1.165) is 20.4 Å². The summed E-state index contributed by atoms with van der Waals surface area (Å²) in [6, 6.07) is 15.7. The summed E-state index contributed by atoms with van der Waals surface area (Å²) >= 11 is 2.25. The molecule has 0 aliphatic carbocycles. The van der Waals surface area contributed by atoms with E-state index in [-0.39, 0.29) is 0 Å². The number of nitrogens with zero attached hydrogens (tertiary/aromatic N) is 1. The second kappa shape index (κ2) is 5.19. The lowest BCUT2D eigenvalue weighted by Gasteiger charge is -2.06. The van der Waals surface area contributed by atoms with Gasteiger partial charge in [0.05, 0.1) is 18.7 Å². The quantitative estimate of drug-likeness (QED) is 0.782. The first-order chi connectivity index (χ1) is 8.24. The van der Waals surface area contributed by atoms with Crippen molar-refractivity contribution >= 4 is 22.6 Å². The fourth-order valence-corrected chi connectivity index (χ4v) is 2.11. The summed E-state index contributed by atoms with van der Waals surface area (Å²) in [7, 11) is 1.64. The third-order valence-electron chi connectivity index (χ3n) is 2.50. The molecule has 2 rings (SSSR count). The van der Waals surface area contributed by atoms with Crippen molar-refractivity contribution in [2.45, 2.75) is 0 Å². The Hall–Kier alpha value is -1.54. The SMILES string of the molecule is COc1ccc(-c2cc(I)ccc2C#N)cc1. The van der Waals surface area contributed by atoms with E-state index < -0.39 is 0 Å². The van der Waals surface area contributed by atoms with Gasteiger partial charge in [0.2, 0.25) is 0 Å². The van der Waals surface area contributed by atoms with Crippen LogP contribution in [-0.2, 0) is 0 Å². The average Bonchev–Trinajstić information content (AvgIpc) is 2.39. The van der Waals surface area contributed by atoms with Gasteiger partial charge in [-0.2, -0.15) is 5.26 Å². The van der Waals surface area contributed by atoms with Crippen LogP contribution < -0.4 is 4.74 Å². The Morgan fingerprint density at radius 2 is 1.82 bits per heavy atom. The molecule has 0 saturated carbocycles. The maximum Gasteiger partial charge on any atom is 0.118 e. The predicted octanol–water partition coefficient (Wildman–Crippen LogP) is 3.84. The van der Waals surface area contributed by atoms with Gasteiger partial charge in [-0.15, -0.1) is 0 Å². The lowest BCUT2D eigenvalue weighted by atomic mass is 10.0. The number of hydrogen-bond donors (Lipinski definition) is 0. The van der Waals surface area contributed by atoms with Gasteiger partial charge in [-0.3, -0.25) is 0 Å². The Kier molecular flexibility index (Phi) is 3.64. The van der Waals surface area contributed by atoms with Gasteiger partial charge in [-0.1, -0.05) is 12.1 Å². The fraction of sp³-hybridized carbons (Fsp3) is 0.0714. The molecular weight excluding hydrogens is 325 g/mol. The molecule has 0 radical (unpaired) electrons. The number of hydrogen-bond acceptors (Lipinski definition) is 2. The van der Waals surface area contributed by atoms with Crippen molar-refractivity contribution in [1.82, 2.24) is 0 Å². The van der Waals surface area contributed by atoms with Crippen LogP contribution in [0.5, 0.6) is 5.75 Å². The van der Waals surface area contributed by atoms with Crippen LogP contribution in [-0.4, -0.2) is 7.11 Å². The minimum absolute atomic E-state index is 0.690. The summed E-state index contributed by atoms with van der Waals surface area (Å²) < 4.78 is 6.24. The zero-order valence-electron chi connectivity index (χ0n) is 9.27. The van der Waals surface area contributed by atoms with Gasteiger partial charge < -0.3 is 4.74 Å². The number of rotatable bonds is 2. The van der Waals surface area contributed by atoms with Crippen molar-refractivity contribution in [1.29, 1.82) is 5.26 Å². The largest absolute Gasteiger partial charge is 0.497 e. The minimum Gasteiger partial charge on any atom is -0.497 e. The minimum atomic E-state index is 0.690. The first-order valence-electron chi connectivity index (χ1n) is 5.08. The molecular formula is C14H10INO. The summed E-state index contributed by atoms with van der Waals surface area (Å²) in [5.41, 5.74) is 2.68. The van der Waals surface area contributed by atoms with Crippen LogP contribution in [0, 0.1) is 14.9 Å². The number of halogens is 1. The summed E-state index contributed by atoms with van der Waals surface area (Å²) in [4.78, 5) is 0. The molecule has 0 N–H and O–H groups in total. The summed E-state index contributed by atoms with van der Waals surface area (Å²) in [5, 5.41) is 9.09. The summed E-state index contributed by atoms with van der Waals surface area (Å²) in [6.07, 6.45) is 0. The number of methoxy groups -OCH3 is 1. The zero-order valence-corrected chi connectivity index (χ0v) is 11.4. The third kappa shape index (κ3) is 2.59. The Labute approximate surface area is 114 Å². The summed E-state index contributed by atoms with van der Waals surface area (Å²) in [6.45, 7) is 0. The highest BCUT2D eigenvalue weighted by molar-refractivity contribution is 14.1. The Balaban J connectivity index is 2.52. The van der Waals surface area contributed by atoms with Crippen molar-refractivity contribution < 1.29 is 4.74 Å². The molecule has 0 unspecified atom stereocenters. The Morgan fingerprint density at radius 3 is 2.41 bits per heavy atom. The molecule has 2 aromatic carbocycles. The molecule has 2 aromatic rings. The van der Waals surface area contributed by atoms with Gasteiger partial charge in [0.15, 0.2) is 0 Å². The maximum atomic E-state index is 9.09. The van der Waals surface area contributed by atoms with Crippen LogP contribution in [0.1, 0.15) is 5.56 Å². The van der Waals surface area contributed by atoms with Crippen LogP contribution in [0.15, 0.2) is 42.5 Å². The van der Waals surface area contributed by atoms with Crippen LogP contribution in [0.25, 0.3) is 11.1 Å². The van der Waals surface area contributed by atoms with Crippen molar-refractivity contribution in [3.8, 4) is 22.9 Å². The predicted molar refractivity (Wildman–Crippen MR) is 75.9 cm³/mol. The molecule has 0 heterocycles. The van der Waals surface area contributed by atoms with Gasteiger partial charge in [0.1, 0.15) is 5.75 Å². The van der Waals surface area contributed by atoms with E-state index in [2.05, 4.69) is 28.7 Å². The van der Waals surface area contributed by atoms with E-state index in [1.165, 1.54) is 0 Å². The molecule has 3 heteroatoms. The Bertz CT molecular complexity index is 570. The van der Waals surface area contributed by atoms with Crippen LogP contribution in [0.4, 0.5) is 0 Å². The van der Waals surface area contributed by atoms with Gasteiger partial charge in [-0.05, 0) is 58.5 Å². The molecule has 0 aromatic heterocycles. The topological polar surface area (TPSA) is 33.0 Å². The van der Waals surface area contributed by atoms with Crippen LogP contribution in [0.2, 0.25) is 0 Å². The van der Waals surface area contributed by atoms with Gasteiger partial charge in [0.25, 0.3) is 0 Å². The molecule has 0 aliphatic rings. The van der Waals surface area contributed by atoms with E-state index in [4.69, 9.17) is 10.00 Å². The number of ether oxygens (including phenoxy) is 1. The van der Waals surface area contributed by atoms with Crippen LogP contribution >= 0.6 is 22.6 Å². The zero-order chi connectivity index (χ0) is 12.3. The first-order valence-corrected chi connectivity index (χ1v) is 6.16. The first kappa shape index (κ1) is 11.9. The number of nitriles is 1. The lowest BCUT2D eigenvalue weighted by Crippen LogP contribution is -1.87. The van der Waals surface area contributed by atoms with Gasteiger partial charge in [0, 0.05) is 9.13 Å². The molecule has 0 aliphatic heterocycles. The smallest absolute Gasteiger partial charge is 0.118 e. The fourth-order valence-electron chi connectivity index (χ4n) is 1.62. The molecule has 0 saturated heterocycles. The summed E-state index contributed by atoms with van der Waals surface area (Å²) in [5.74, 6) is 0.817. The molecule has 2 nitrogen and oxygen atoms in total. The third-order valence-corrected chi connectivity index (χ3v) is 3.17. The standard InChI is InChI=1S/C14H10INO/c1-17-13-6-3-10(4-7-13)14-8-12(15)5-2-11(14)9-16/h2-8H,1H3. The molecule has 17 heavy (non-hydrogen) atoms. The second-order valence-electron chi connectivity index (χ2n) is 3.53. The molecule has 84 valence electrons. The highest BCUT2D eigenvalue weighted by atomic mass is 127. The molecule has 0 atom stereocenters. The average molecular weight is 335 g/mol. The number of benzene rings is 2. The van der Waals surface area contributed by atoms with Crippen molar-refractivity contribution in [3.05, 3.63) is 51.6 Å². The van der Waals surface area contributed by atoms with Crippen molar-refractivity contribution in [2.24, 2.45) is 0 Å². The second-order valence-corrected chi connectivity index (χ2v) is 4.78. The van der Waals surface area contributed by atoms with Crippen molar-refractivity contribution in [3.63, 3.8) is 0 Å². The highest BCUT2D eigenvalue weighted by Gasteiger charge is 2.05. The van der Waals surface area contributed by atoms with E-state index in [1.807, 2.05) is 42.5 Å². The van der Waals surface area contributed by atoms with E-state index in [9.17, 15) is 0 Å². The molecule has 0 amide bonds. The molecule has 0 spiro atoms. The van der Waals surface area contributed by atoms with E-state index in [0.29, 0.717) is 5.56 Å². The van der Waals surface area contributed by atoms with E-state index in [1.54, 1.807) is 7.11 Å². The Morgan fingerprint density at radius 1 is 1.12 bits per heavy atom. The lowest BCUT2D eigenvalue weighted by molar-refractivity contribution is 0.415. The van der Waals surface area contributed by atoms with Crippen molar-refractivity contribution in [2.75, 3.05) is 7.11 Å². The normalized spacial score (nSPS) is 9.71. The maximum absolute atomic E-state index is 9.09. The molecule has 0 fully saturated rings. The van der Waals surface area contributed by atoms with Crippen LogP contribution in [0.3, 0.4) is 0 Å². The monoisotopic (exact) mass is 335 g/mol. The van der Waals surface area contributed by atoms with Gasteiger partial charge >= 0.3 is 0 Å². The molecule has 0 bridgehead atoms. The van der Waals surface area contributed by atoms with Gasteiger partial charge in [-0.25, -0.2) is 0 Å². The highest BCUT2D eigenvalue weighted by Crippen LogP contribution is 2.27. The van der Waals surface area contributed by atoms with E-state index >= 15 is 0 Å².